The molecule has 6 atom stereocenters. The number of carbonyl (C=O) groups is 3. The molecule has 0 amide bonds. The Labute approximate surface area is 133 Å². The molecule has 23 heavy (non-hydrogen) atoms. The normalized spacial score (nSPS) is 36.0. The first kappa shape index (κ1) is 17.6. The molecule has 9 heteroatoms. The second-order valence-corrected chi connectivity index (χ2v) is 5.30. The van der Waals surface area contributed by atoms with Crippen molar-refractivity contribution in [2.24, 2.45) is 0 Å². The fourth-order valence-corrected chi connectivity index (χ4v) is 2.57. The molecule has 2 rings (SSSR count). The van der Waals surface area contributed by atoms with Gasteiger partial charge in [0.2, 0.25) is 0 Å². The molecule has 0 aromatic heterocycles. The predicted molar refractivity (Wildman–Crippen MR) is 71.8 cm³/mol. The summed E-state index contributed by atoms with van der Waals surface area (Å²) >= 11 is 0. The number of ether oxygens (including phenoxy) is 6. The zero-order valence-corrected chi connectivity index (χ0v) is 13.3. The lowest BCUT2D eigenvalue weighted by atomic mass is 9.98. The summed E-state index contributed by atoms with van der Waals surface area (Å²) in [6.07, 6.45) is -4.89. The zero-order valence-electron chi connectivity index (χ0n) is 13.3. The first-order valence-corrected chi connectivity index (χ1v) is 7.22. The predicted octanol–water partition coefficient (Wildman–Crippen LogP) is -0.101. The molecule has 0 aromatic rings. The van der Waals surface area contributed by atoms with Crippen LogP contribution in [0.15, 0.2) is 0 Å². The van der Waals surface area contributed by atoms with Gasteiger partial charge in [-0.1, -0.05) is 0 Å². The molecular weight excluding hydrogens is 312 g/mol. The number of hydrogen-bond acceptors (Lipinski definition) is 9. The van der Waals surface area contributed by atoms with Crippen LogP contribution in [0.5, 0.6) is 0 Å². The van der Waals surface area contributed by atoms with Gasteiger partial charge < -0.3 is 28.4 Å². The fourth-order valence-electron chi connectivity index (χ4n) is 2.57. The van der Waals surface area contributed by atoms with Gasteiger partial charge in [0.25, 0.3) is 0 Å². The third kappa shape index (κ3) is 4.40. The largest absolute Gasteiger partial charge is 0.463 e. The lowest BCUT2D eigenvalue weighted by Crippen LogP contribution is -2.60. The van der Waals surface area contributed by atoms with Crippen LogP contribution >= 0.6 is 0 Å². The van der Waals surface area contributed by atoms with Crippen molar-refractivity contribution < 1.29 is 42.8 Å². The van der Waals surface area contributed by atoms with E-state index in [0.717, 1.165) is 0 Å². The Morgan fingerprint density at radius 3 is 2.04 bits per heavy atom. The minimum absolute atomic E-state index is 0.175. The quantitative estimate of drug-likeness (QED) is 0.515. The summed E-state index contributed by atoms with van der Waals surface area (Å²) < 4.78 is 32.1. The maximum Gasteiger partial charge on any atom is 0.303 e. The van der Waals surface area contributed by atoms with Crippen molar-refractivity contribution in [3.63, 3.8) is 0 Å². The molecule has 1 unspecified atom stereocenters. The van der Waals surface area contributed by atoms with Crippen molar-refractivity contribution in [1.29, 1.82) is 0 Å². The minimum Gasteiger partial charge on any atom is -0.463 e. The van der Waals surface area contributed by atoms with Gasteiger partial charge in [-0.25, -0.2) is 0 Å². The highest BCUT2D eigenvalue weighted by Gasteiger charge is 2.55. The summed E-state index contributed by atoms with van der Waals surface area (Å²) in [5, 5.41) is 0. The van der Waals surface area contributed by atoms with Crippen LogP contribution in [-0.4, -0.2) is 61.5 Å². The smallest absolute Gasteiger partial charge is 0.303 e. The molecule has 0 bridgehead atoms. The first-order valence-electron chi connectivity index (χ1n) is 7.22. The summed E-state index contributed by atoms with van der Waals surface area (Å²) in [7, 11) is 0. The lowest BCUT2D eigenvalue weighted by Gasteiger charge is -2.40. The molecule has 2 aliphatic heterocycles. The van der Waals surface area contributed by atoms with E-state index in [4.69, 9.17) is 28.4 Å². The SMILES string of the molecule is CC(=O)OC[C@H]1O[C@@H]2OC(C)O[C@@H]2[C@@H](OC(C)=O)[C@@H]1OC(C)=O. The fraction of sp³-hybridized carbons (Fsp3) is 0.786. The van der Waals surface area contributed by atoms with Gasteiger partial charge in [-0.2, -0.15) is 0 Å². The highest BCUT2D eigenvalue weighted by molar-refractivity contribution is 5.67. The van der Waals surface area contributed by atoms with Gasteiger partial charge >= 0.3 is 17.9 Å². The Hall–Kier alpha value is -1.71. The molecule has 2 aliphatic rings. The van der Waals surface area contributed by atoms with Crippen molar-refractivity contribution in [1.82, 2.24) is 0 Å². The summed E-state index contributed by atoms with van der Waals surface area (Å²) in [6.45, 7) is 5.18. The number of rotatable bonds is 4. The molecule has 2 fully saturated rings. The molecule has 9 nitrogen and oxygen atoms in total. The summed E-state index contributed by atoms with van der Waals surface area (Å²) in [5.74, 6) is -1.67. The monoisotopic (exact) mass is 332 g/mol. The van der Waals surface area contributed by atoms with Crippen LogP contribution in [0, 0.1) is 0 Å². The van der Waals surface area contributed by atoms with Crippen LogP contribution in [0.1, 0.15) is 27.7 Å². The van der Waals surface area contributed by atoms with Crippen LogP contribution in [0.25, 0.3) is 0 Å². The molecule has 2 saturated heterocycles. The second kappa shape index (κ2) is 7.24. The van der Waals surface area contributed by atoms with Gasteiger partial charge in [-0.15, -0.1) is 0 Å². The van der Waals surface area contributed by atoms with Crippen molar-refractivity contribution in [2.75, 3.05) is 6.61 Å². The Morgan fingerprint density at radius 2 is 1.48 bits per heavy atom. The molecular formula is C14H20O9. The highest BCUT2D eigenvalue weighted by Crippen LogP contribution is 2.34. The topological polar surface area (TPSA) is 107 Å². The van der Waals surface area contributed by atoms with Crippen LogP contribution in [0.3, 0.4) is 0 Å². The third-order valence-electron chi connectivity index (χ3n) is 3.32. The van der Waals surface area contributed by atoms with Gasteiger partial charge in [-0.05, 0) is 6.92 Å². The number of esters is 3. The zero-order chi connectivity index (χ0) is 17.1. The van der Waals surface area contributed by atoms with E-state index in [1.807, 2.05) is 0 Å². The number of carbonyl (C=O) groups excluding carboxylic acids is 3. The molecule has 2 heterocycles. The maximum atomic E-state index is 11.4. The van der Waals surface area contributed by atoms with Crippen LogP contribution in [0.2, 0.25) is 0 Å². The van der Waals surface area contributed by atoms with Crippen LogP contribution in [0.4, 0.5) is 0 Å². The van der Waals surface area contributed by atoms with Gasteiger partial charge in [0, 0.05) is 20.8 Å². The van der Waals surface area contributed by atoms with E-state index >= 15 is 0 Å². The molecule has 0 spiro atoms. The van der Waals surface area contributed by atoms with Gasteiger partial charge in [0.1, 0.15) is 12.7 Å². The van der Waals surface area contributed by atoms with E-state index in [2.05, 4.69) is 0 Å². The lowest BCUT2D eigenvalue weighted by molar-refractivity contribution is -0.264. The molecule has 0 N–H and O–H groups in total. The van der Waals surface area contributed by atoms with E-state index in [1.54, 1.807) is 6.92 Å². The molecule has 0 aliphatic carbocycles. The van der Waals surface area contributed by atoms with Gasteiger partial charge in [0.05, 0.1) is 0 Å². The summed E-state index contributed by atoms with van der Waals surface area (Å²) in [6, 6.07) is 0. The summed E-state index contributed by atoms with van der Waals surface area (Å²) in [4.78, 5) is 33.8. The van der Waals surface area contributed by atoms with E-state index in [1.165, 1.54) is 20.8 Å². The van der Waals surface area contributed by atoms with E-state index < -0.39 is 54.9 Å². The van der Waals surface area contributed by atoms with Crippen molar-refractivity contribution in [3.05, 3.63) is 0 Å². The number of fused-ring (bicyclic) bond motifs is 1. The Kier molecular flexibility index (Phi) is 5.55. The summed E-state index contributed by atoms with van der Waals surface area (Å²) in [5.41, 5.74) is 0. The Balaban J connectivity index is 2.23. The van der Waals surface area contributed by atoms with Gasteiger partial charge in [-0.3, -0.25) is 14.4 Å². The second-order valence-electron chi connectivity index (χ2n) is 5.30. The number of hydrogen-bond donors (Lipinski definition) is 0. The van der Waals surface area contributed by atoms with E-state index in [9.17, 15) is 14.4 Å². The maximum absolute atomic E-state index is 11.4. The average Bonchev–Trinajstić information content (AvgIpc) is 2.78. The molecule has 0 aromatic carbocycles. The van der Waals surface area contributed by atoms with Gasteiger partial charge in [0.15, 0.2) is 30.9 Å². The van der Waals surface area contributed by atoms with Crippen molar-refractivity contribution >= 4 is 17.9 Å². The Bertz CT molecular complexity index is 477. The molecule has 0 radical (unpaired) electrons. The standard InChI is InChI=1S/C14H20O9/c1-6(15)18-5-10-11(19-7(2)16)12(20-8(3)17)13-14(23-10)22-9(4)21-13/h9-14H,5H2,1-4H3/t9?,10-,11-,12+,13-,14+/m1/s1. The average molecular weight is 332 g/mol. The first-order chi connectivity index (χ1) is 10.8. The minimum atomic E-state index is -0.981. The van der Waals surface area contributed by atoms with Crippen molar-refractivity contribution in [2.45, 2.75) is 64.7 Å². The van der Waals surface area contributed by atoms with Crippen LogP contribution in [-0.2, 0) is 42.8 Å². The molecule has 0 saturated carbocycles. The van der Waals surface area contributed by atoms with E-state index in [-0.39, 0.29) is 6.61 Å². The molecule has 130 valence electrons. The third-order valence-corrected chi connectivity index (χ3v) is 3.32. The Morgan fingerprint density at radius 1 is 0.870 bits per heavy atom. The van der Waals surface area contributed by atoms with Crippen molar-refractivity contribution in [3.8, 4) is 0 Å². The van der Waals surface area contributed by atoms with Crippen LogP contribution < -0.4 is 0 Å². The van der Waals surface area contributed by atoms with E-state index in [0.29, 0.717) is 0 Å². The highest BCUT2D eigenvalue weighted by atomic mass is 16.8.